The number of carbonyl (C=O) groups excluding carboxylic acids is 2. The second-order valence-electron chi connectivity index (χ2n) is 4.90. The van der Waals surface area contributed by atoms with Gasteiger partial charge in [-0.15, -0.1) is 0 Å². The minimum atomic E-state index is -0.653. The molecule has 1 aromatic rings. The topological polar surface area (TPSA) is 75.6 Å². The van der Waals surface area contributed by atoms with Crippen molar-refractivity contribution in [1.29, 1.82) is 0 Å². The normalized spacial score (nSPS) is 11.3. The van der Waals surface area contributed by atoms with Crippen molar-refractivity contribution < 1.29 is 19.4 Å². The van der Waals surface area contributed by atoms with Gasteiger partial charge in [-0.05, 0) is 44.5 Å². The molecule has 1 aromatic carbocycles. The minimum Gasteiger partial charge on any atom is -0.506 e. The zero-order valence-corrected chi connectivity index (χ0v) is 11.1. The Balaban J connectivity index is 2.85. The zero-order chi connectivity index (χ0) is 14.5. The minimum absolute atomic E-state index is 0.0749. The van der Waals surface area contributed by atoms with E-state index in [0.717, 1.165) is 0 Å². The number of phenols is 1. The van der Waals surface area contributed by atoms with Gasteiger partial charge in [-0.3, -0.25) is 10.1 Å². The number of rotatable bonds is 3. The van der Waals surface area contributed by atoms with Crippen LogP contribution in [0.2, 0.25) is 0 Å². The number of aldehydes is 1. The highest BCUT2D eigenvalue weighted by atomic mass is 16.6. The Morgan fingerprint density at radius 3 is 2.63 bits per heavy atom. The molecule has 0 aliphatic carbocycles. The lowest BCUT2D eigenvalue weighted by molar-refractivity contribution is -0.104. The number of anilines is 1. The predicted molar refractivity (Wildman–Crippen MR) is 73.1 cm³/mol. The van der Waals surface area contributed by atoms with Gasteiger partial charge in [0.15, 0.2) is 0 Å². The highest BCUT2D eigenvalue weighted by Crippen LogP contribution is 2.25. The molecular weight excluding hydrogens is 246 g/mol. The fourth-order valence-corrected chi connectivity index (χ4v) is 1.32. The zero-order valence-electron chi connectivity index (χ0n) is 11.1. The van der Waals surface area contributed by atoms with Crippen LogP contribution in [0.1, 0.15) is 26.3 Å². The van der Waals surface area contributed by atoms with E-state index in [4.69, 9.17) is 4.74 Å². The van der Waals surface area contributed by atoms with E-state index < -0.39 is 11.7 Å². The Labute approximate surface area is 111 Å². The maximum Gasteiger partial charge on any atom is 0.412 e. The van der Waals surface area contributed by atoms with Gasteiger partial charge in [0, 0.05) is 0 Å². The molecule has 0 unspecified atom stereocenters. The van der Waals surface area contributed by atoms with Crippen molar-refractivity contribution in [2.45, 2.75) is 26.4 Å². The largest absolute Gasteiger partial charge is 0.506 e. The Morgan fingerprint density at radius 2 is 2.05 bits per heavy atom. The summed E-state index contributed by atoms with van der Waals surface area (Å²) >= 11 is 0. The Morgan fingerprint density at radius 1 is 1.37 bits per heavy atom. The standard InChI is InChI=1S/C14H17NO4/c1-14(2,3)19-13(18)15-11-9-10(5-4-8-16)6-7-12(11)17/h4-9,17H,1-3H3,(H,15,18)/b5-4+. The summed E-state index contributed by atoms with van der Waals surface area (Å²) in [6.07, 6.45) is 2.88. The van der Waals surface area contributed by atoms with Crippen LogP contribution in [-0.2, 0) is 9.53 Å². The molecular formula is C14H17NO4. The molecule has 0 aliphatic heterocycles. The molecule has 0 aromatic heterocycles. The van der Waals surface area contributed by atoms with E-state index in [-0.39, 0.29) is 11.4 Å². The number of phenolic OH excluding ortho intramolecular Hbond substituents is 1. The van der Waals surface area contributed by atoms with Gasteiger partial charge in [-0.1, -0.05) is 12.1 Å². The van der Waals surface area contributed by atoms with E-state index in [1.807, 2.05) is 0 Å². The van der Waals surface area contributed by atoms with Gasteiger partial charge in [-0.25, -0.2) is 4.79 Å². The summed E-state index contributed by atoms with van der Waals surface area (Å²) in [7, 11) is 0. The molecule has 102 valence electrons. The molecule has 0 heterocycles. The molecule has 5 heteroatoms. The van der Waals surface area contributed by atoms with Gasteiger partial charge < -0.3 is 9.84 Å². The summed E-state index contributed by atoms with van der Waals surface area (Å²) in [6.45, 7) is 5.24. The molecule has 1 amide bonds. The van der Waals surface area contributed by atoms with E-state index in [1.54, 1.807) is 39.0 Å². The summed E-state index contributed by atoms with van der Waals surface area (Å²) < 4.78 is 5.08. The van der Waals surface area contributed by atoms with Gasteiger partial charge >= 0.3 is 6.09 Å². The van der Waals surface area contributed by atoms with Crippen LogP contribution >= 0.6 is 0 Å². The van der Waals surface area contributed by atoms with Gasteiger partial charge in [0.2, 0.25) is 0 Å². The third-order valence-electron chi connectivity index (χ3n) is 2.02. The van der Waals surface area contributed by atoms with E-state index in [0.29, 0.717) is 11.8 Å². The third-order valence-corrected chi connectivity index (χ3v) is 2.02. The van der Waals surface area contributed by atoms with Crippen molar-refractivity contribution in [3.05, 3.63) is 29.8 Å². The summed E-state index contributed by atoms with van der Waals surface area (Å²) in [5.41, 5.74) is 0.285. The van der Waals surface area contributed by atoms with Gasteiger partial charge in [0.25, 0.3) is 0 Å². The van der Waals surface area contributed by atoms with E-state index in [9.17, 15) is 14.7 Å². The van der Waals surface area contributed by atoms with Crippen molar-refractivity contribution in [1.82, 2.24) is 0 Å². The SMILES string of the molecule is CC(C)(C)OC(=O)Nc1cc(/C=C/C=O)ccc1O. The first-order chi connectivity index (χ1) is 8.81. The maximum absolute atomic E-state index is 11.6. The van der Waals surface area contributed by atoms with Crippen LogP contribution < -0.4 is 5.32 Å². The molecule has 0 radical (unpaired) electrons. The van der Waals surface area contributed by atoms with E-state index >= 15 is 0 Å². The number of nitrogens with one attached hydrogen (secondary N) is 1. The van der Waals surface area contributed by atoms with Crippen LogP contribution in [0.5, 0.6) is 5.75 Å². The average Bonchev–Trinajstić information content (AvgIpc) is 2.27. The number of benzene rings is 1. The lowest BCUT2D eigenvalue weighted by Crippen LogP contribution is -2.27. The van der Waals surface area contributed by atoms with Gasteiger partial charge in [0.05, 0.1) is 5.69 Å². The average molecular weight is 263 g/mol. The Hall–Kier alpha value is -2.30. The molecule has 0 saturated heterocycles. The van der Waals surface area contributed by atoms with Crippen LogP contribution in [-0.4, -0.2) is 23.1 Å². The second-order valence-corrected chi connectivity index (χ2v) is 4.90. The molecule has 0 bridgehead atoms. The molecule has 0 aliphatic rings. The third kappa shape index (κ3) is 5.25. The Kier molecular flexibility index (Phi) is 4.69. The van der Waals surface area contributed by atoms with Crippen LogP contribution in [0.25, 0.3) is 6.08 Å². The highest BCUT2D eigenvalue weighted by Gasteiger charge is 2.17. The van der Waals surface area contributed by atoms with Crippen LogP contribution in [0.3, 0.4) is 0 Å². The quantitative estimate of drug-likeness (QED) is 0.499. The van der Waals surface area contributed by atoms with Crippen molar-refractivity contribution in [3.8, 4) is 5.75 Å². The lowest BCUT2D eigenvalue weighted by Gasteiger charge is -2.20. The molecule has 0 spiro atoms. The molecule has 0 atom stereocenters. The molecule has 19 heavy (non-hydrogen) atoms. The first-order valence-electron chi connectivity index (χ1n) is 5.77. The monoisotopic (exact) mass is 263 g/mol. The van der Waals surface area contributed by atoms with Crippen LogP contribution in [0.15, 0.2) is 24.3 Å². The van der Waals surface area contributed by atoms with Crippen molar-refractivity contribution in [2.75, 3.05) is 5.32 Å². The highest BCUT2D eigenvalue weighted by molar-refractivity contribution is 5.87. The number of hydrogen-bond donors (Lipinski definition) is 2. The second kappa shape index (κ2) is 6.04. The molecule has 5 nitrogen and oxygen atoms in total. The fourth-order valence-electron chi connectivity index (χ4n) is 1.32. The number of allylic oxidation sites excluding steroid dienone is 1. The fraction of sp³-hybridized carbons (Fsp3) is 0.286. The number of carbonyl (C=O) groups is 2. The first kappa shape index (κ1) is 14.8. The maximum atomic E-state index is 11.6. The smallest absolute Gasteiger partial charge is 0.412 e. The van der Waals surface area contributed by atoms with Crippen molar-refractivity contribution >= 4 is 24.1 Å². The molecule has 0 fully saturated rings. The number of ether oxygens (including phenoxy) is 1. The van der Waals surface area contributed by atoms with Gasteiger partial charge in [0.1, 0.15) is 17.6 Å². The van der Waals surface area contributed by atoms with E-state index in [1.165, 1.54) is 12.1 Å². The summed E-state index contributed by atoms with van der Waals surface area (Å²) in [5.74, 6) is -0.0749. The number of amides is 1. The first-order valence-corrected chi connectivity index (χ1v) is 5.77. The van der Waals surface area contributed by atoms with Crippen molar-refractivity contribution in [2.24, 2.45) is 0 Å². The molecule has 1 rings (SSSR count). The summed E-state index contributed by atoms with van der Waals surface area (Å²) in [5, 5.41) is 12.1. The summed E-state index contributed by atoms with van der Waals surface area (Å²) in [4.78, 5) is 21.8. The molecule has 0 saturated carbocycles. The predicted octanol–water partition coefficient (Wildman–Crippen LogP) is 2.95. The molecule has 2 N–H and O–H groups in total. The Bertz CT molecular complexity index is 501. The lowest BCUT2D eigenvalue weighted by atomic mass is 10.1. The number of aromatic hydroxyl groups is 1. The number of hydrogen-bond acceptors (Lipinski definition) is 4. The van der Waals surface area contributed by atoms with Crippen LogP contribution in [0.4, 0.5) is 10.5 Å². The van der Waals surface area contributed by atoms with E-state index in [2.05, 4.69) is 5.32 Å². The van der Waals surface area contributed by atoms with Crippen LogP contribution in [0, 0.1) is 0 Å². The van der Waals surface area contributed by atoms with Gasteiger partial charge in [-0.2, -0.15) is 0 Å². The summed E-state index contributed by atoms with van der Waals surface area (Å²) in [6, 6.07) is 4.59. The van der Waals surface area contributed by atoms with Crippen molar-refractivity contribution in [3.63, 3.8) is 0 Å².